The molecule has 0 aliphatic carbocycles. The maximum Gasteiger partial charge on any atom is 0.228 e. The summed E-state index contributed by atoms with van der Waals surface area (Å²) < 4.78 is 0. The maximum atomic E-state index is 12.1. The van der Waals surface area contributed by atoms with E-state index in [0.717, 1.165) is 16.0 Å². The highest BCUT2D eigenvalue weighted by Crippen LogP contribution is 2.40. The highest BCUT2D eigenvalue weighted by atomic mass is 32.1. The van der Waals surface area contributed by atoms with Crippen molar-refractivity contribution in [1.29, 1.82) is 10.7 Å². The summed E-state index contributed by atoms with van der Waals surface area (Å²) in [7, 11) is 1.66. The van der Waals surface area contributed by atoms with Crippen molar-refractivity contribution in [3.8, 4) is 16.5 Å². The lowest BCUT2D eigenvalue weighted by Crippen LogP contribution is -2.46. The summed E-state index contributed by atoms with van der Waals surface area (Å²) in [6, 6.07) is 11.8. The van der Waals surface area contributed by atoms with Crippen LogP contribution in [0, 0.1) is 16.7 Å². The van der Waals surface area contributed by atoms with E-state index in [4.69, 9.17) is 10.7 Å². The quantitative estimate of drug-likeness (QED) is 0.914. The van der Waals surface area contributed by atoms with Crippen LogP contribution in [0.25, 0.3) is 10.4 Å². The van der Waals surface area contributed by atoms with Crippen molar-refractivity contribution >= 4 is 23.1 Å². The Hall–Kier alpha value is -2.45. The Kier molecular flexibility index (Phi) is 3.78. The first-order chi connectivity index (χ1) is 10.9. The van der Waals surface area contributed by atoms with Gasteiger partial charge in [-0.1, -0.05) is 19.1 Å². The van der Waals surface area contributed by atoms with Crippen LogP contribution in [-0.2, 0) is 10.2 Å². The Bertz CT molecular complexity index is 813. The Morgan fingerprint density at radius 3 is 2.83 bits per heavy atom. The molecular formula is C18H17N3OS. The van der Waals surface area contributed by atoms with E-state index in [1.54, 1.807) is 24.5 Å². The molecule has 1 amide bonds. The summed E-state index contributed by atoms with van der Waals surface area (Å²) in [5.74, 6) is 0.353. The molecule has 23 heavy (non-hydrogen) atoms. The number of likely N-dealkylation sites (tertiary alicyclic amines) is 1. The second kappa shape index (κ2) is 5.64. The summed E-state index contributed by atoms with van der Waals surface area (Å²) in [6.45, 7) is 2.05. The van der Waals surface area contributed by atoms with Crippen molar-refractivity contribution in [2.24, 2.45) is 0 Å². The van der Waals surface area contributed by atoms with E-state index >= 15 is 0 Å². The number of nitrogens with one attached hydrogen (secondary N) is 1. The second-order valence-corrected chi connectivity index (χ2v) is 7.12. The van der Waals surface area contributed by atoms with Gasteiger partial charge in [0.15, 0.2) is 0 Å². The van der Waals surface area contributed by atoms with Crippen LogP contribution >= 0.6 is 11.3 Å². The highest BCUT2D eigenvalue weighted by Gasteiger charge is 2.38. The van der Waals surface area contributed by atoms with E-state index in [2.05, 4.69) is 17.5 Å². The van der Waals surface area contributed by atoms with E-state index in [1.165, 1.54) is 4.90 Å². The number of benzene rings is 1. The molecule has 1 atom stereocenters. The largest absolute Gasteiger partial charge is 0.304 e. The molecule has 1 aliphatic rings. The zero-order valence-electron chi connectivity index (χ0n) is 13.1. The zero-order chi connectivity index (χ0) is 16.6. The molecular weight excluding hydrogens is 306 g/mol. The smallest absolute Gasteiger partial charge is 0.228 e. The molecule has 1 fully saturated rings. The van der Waals surface area contributed by atoms with Crippen molar-refractivity contribution in [2.75, 3.05) is 7.05 Å². The molecule has 1 aliphatic heterocycles. The van der Waals surface area contributed by atoms with Gasteiger partial charge in [0, 0.05) is 30.2 Å². The molecule has 0 spiro atoms. The zero-order valence-corrected chi connectivity index (χ0v) is 13.9. The molecule has 0 radical (unpaired) electrons. The third-order valence-electron chi connectivity index (χ3n) is 4.45. The lowest BCUT2D eigenvalue weighted by molar-refractivity contribution is -0.128. The first-order valence-electron chi connectivity index (χ1n) is 7.36. The first kappa shape index (κ1) is 15.4. The molecule has 2 aromatic rings. The van der Waals surface area contributed by atoms with Crippen LogP contribution in [0.1, 0.15) is 30.9 Å². The standard InChI is InChI=1S/C18H17N3OS/c1-18(8-16(20)21(2)17(22)9-18)14-7-15(23-11-14)13-5-3-4-12(6-13)10-19/h3-7,11,20H,8-9H2,1-2H3/t18-/m0/s1. The molecule has 2 heterocycles. The monoisotopic (exact) mass is 323 g/mol. The predicted molar refractivity (Wildman–Crippen MR) is 91.6 cm³/mol. The molecule has 1 aromatic carbocycles. The van der Waals surface area contributed by atoms with E-state index < -0.39 is 0 Å². The summed E-state index contributed by atoms with van der Waals surface area (Å²) in [6.07, 6.45) is 0.976. The van der Waals surface area contributed by atoms with Crippen molar-refractivity contribution in [2.45, 2.75) is 25.2 Å². The minimum Gasteiger partial charge on any atom is -0.304 e. The average Bonchev–Trinajstić information content (AvgIpc) is 3.03. The van der Waals surface area contributed by atoms with Gasteiger partial charge in [-0.15, -0.1) is 11.3 Å². The Morgan fingerprint density at radius 2 is 2.13 bits per heavy atom. The van der Waals surface area contributed by atoms with Crippen LogP contribution in [0.4, 0.5) is 0 Å². The third-order valence-corrected chi connectivity index (χ3v) is 5.43. The van der Waals surface area contributed by atoms with Crippen LogP contribution in [0.3, 0.4) is 0 Å². The molecule has 5 heteroatoms. The van der Waals surface area contributed by atoms with Gasteiger partial charge in [-0.2, -0.15) is 5.26 Å². The number of hydrogen-bond acceptors (Lipinski definition) is 4. The molecule has 3 rings (SSSR count). The van der Waals surface area contributed by atoms with Crippen LogP contribution in [0.5, 0.6) is 0 Å². The summed E-state index contributed by atoms with van der Waals surface area (Å²) in [5.41, 5.74) is 2.41. The molecule has 0 saturated carbocycles. The van der Waals surface area contributed by atoms with Crippen molar-refractivity contribution < 1.29 is 4.79 Å². The van der Waals surface area contributed by atoms with Gasteiger partial charge in [-0.3, -0.25) is 10.2 Å². The number of amidine groups is 1. The summed E-state index contributed by atoms with van der Waals surface area (Å²) in [5, 5.41) is 19.1. The number of nitrogens with zero attached hydrogens (tertiary/aromatic N) is 2. The molecule has 4 nitrogen and oxygen atoms in total. The normalized spacial score (nSPS) is 21.3. The van der Waals surface area contributed by atoms with E-state index in [9.17, 15) is 4.79 Å². The average molecular weight is 323 g/mol. The third kappa shape index (κ3) is 2.78. The minimum atomic E-state index is -0.331. The maximum absolute atomic E-state index is 12.1. The number of hydrogen-bond donors (Lipinski definition) is 1. The van der Waals surface area contributed by atoms with Gasteiger partial charge in [0.05, 0.1) is 11.6 Å². The van der Waals surface area contributed by atoms with Gasteiger partial charge >= 0.3 is 0 Å². The second-order valence-electron chi connectivity index (χ2n) is 6.21. The number of nitriles is 1. The van der Waals surface area contributed by atoms with E-state index in [0.29, 0.717) is 24.2 Å². The van der Waals surface area contributed by atoms with Gasteiger partial charge in [-0.05, 0) is 34.7 Å². The molecule has 1 saturated heterocycles. The van der Waals surface area contributed by atoms with Crippen LogP contribution < -0.4 is 0 Å². The Balaban J connectivity index is 1.94. The molecule has 0 bridgehead atoms. The number of rotatable bonds is 2. The number of carbonyl (C=O) groups is 1. The van der Waals surface area contributed by atoms with Crippen LogP contribution in [-0.4, -0.2) is 23.7 Å². The van der Waals surface area contributed by atoms with Crippen molar-refractivity contribution in [3.63, 3.8) is 0 Å². The fraction of sp³-hybridized carbons (Fsp3) is 0.278. The van der Waals surface area contributed by atoms with Gasteiger partial charge in [-0.25, -0.2) is 0 Å². The lowest BCUT2D eigenvalue weighted by Gasteiger charge is -2.37. The molecule has 1 N–H and O–H groups in total. The van der Waals surface area contributed by atoms with Crippen molar-refractivity contribution in [3.05, 3.63) is 46.8 Å². The highest BCUT2D eigenvalue weighted by molar-refractivity contribution is 7.13. The Labute approximate surface area is 139 Å². The van der Waals surface area contributed by atoms with Crippen LogP contribution in [0.15, 0.2) is 35.7 Å². The number of carbonyl (C=O) groups excluding carboxylic acids is 1. The molecule has 116 valence electrons. The van der Waals surface area contributed by atoms with Gasteiger partial charge in [0.25, 0.3) is 0 Å². The van der Waals surface area contributed by atoms with Crippen LogP contribution in [0.2, 0.25) is 0 Å². The van der Waals surface area contributed by atoms with Gasteiger partial charge in [0.1, 0.15) is 5.84 Å². The molecule has 1 aromatic heterocycles. The number of piperidine rings is 1. The fourth-order valence-corrected chi connectivity index (χ4v) is 3.97. The predicted octanol–water partition coefficient (Wildman–Crippen LogP) is 3.77. The lowest BCUT2D eigenvalue weighted by atomic mass is 9.75. The SMILES string of the molecule is CN1C(=N)C[C@](C)(c2csc(-c3cccc(C#N)c3)c2)CC1=O. The molecule has 0 unspecified atom stereocenters. The van der Waals surface area contributed by atoms with E-state index in [1.807, 2.05) is 25.1 Å². The minimum absolute atomic E-state index is 0.0111. The summed E-state index contributed by atoms with van der Waals surface area (Å²) >= 11 is 1.61. The first-order valence-corrected chi connectivity index (χ1v) is 8.24. The van der Waals surface area contributed by atoms with E-state index in [-0.39, 0.29) is 11.3 Å². The summed E-state index contributed by atoms with van der Waals surface area (Å²) in [4.78, 5) is 14.6. The topological polar surface area (TPSA) is 68.0 Å². The van der Waals surface area contributed by atoms with Crippen molar-refractivity contribution in [1.82, 2.24) is 4.90 Å². The van der Waals surface area contributed by atoms with Gasteiger partial charge < -0.3 is 4.90 Å². The number of amides is 1. The number of thiophene rings is 1. The van der Waals surface area contributed by atoms with Gasteiger partial charge in [0.2, 0.25) is 5.91 Å². The Morgan fingerprint density at radius 1 is 1.35 bits per heavy atom. The fourth-order valence-electron chi connectivity index (χ4n) is 2.90.